The van der Waals surface area contributed by atoms with Gasteiger partial charge in [-0.3, -0.25) is 14.8 Å². The SMILES string of the molecule is Cn1cc2c(nc(NC(=O)Nc3ccc(CC(=O)OCCCCCNC(=O)OC(C)(C)C)cc3)n3nc(-c4ccco4)nc23)n1. The molecule has 0 saturated carbocycles. The molecule has 236 valence electrons. The first kappa shape index (κ1) is 31.0. The van der Waals surface area contributed by atoms with E-state index in [0.717, 1.165) is 18.4 Å². The molecule has 0 atom stereocenters. The summed E-state index contributed by atoms with van der Waals surface area (Å²) < 4.78 is 19.0. The fraction of sp³-hybridized carbons (Fsp3) is 0.367. The number of urea groups is 1. The quantitative estimate of drug-likeness (QED) is 0.139. The Hall–Kier alpha value is -5.47. The highest BCUT2D eigenvalue weighted by molar-refractivity contribution is 6.00. The first-order valence-corrected chi connectivity index (χ1v) is 14.5. The number of furan rings is 1. The van der Waals surface area contributed by atoms with Gasteiger partial charge in [0.25, 0.3) is 0 Å². The maximum Gasteiger partial charge on any atom is 0.407 e. The second-order valence-corrected chi connectivity index (χ2v) is 11.3. The van der Waals surface area contributed by atoms with Crippen molar-refractivity contribution in [1.29, 1.82) is 0 Å². The molecule has 0 aliphatic rings. The van der Waals surface area contributed by atoms with Crippen molar-refractivity contribution in [2.75, 3.05) is 23.8 Å². The van der Waals surface area contributed by atoms with Crippen molar-refractivity contribution in [3.05, 3.63) is 54.4 Å². The van der Waals surface area contributed by atoms with Crippen LogP contribution in [0.15, 0.2) is 53.3 Å². The zero-order chi connectivity index (χ0) is 32.0. The Labute approximate surface area is 258 Å². The van der Waals surface area contributed by atoms with Crippen LogP contribution in [0.4, 0.5) is 21.2 Å². The summed E-state index contributed by atoms with van der Waals surface area (Å²) in [7, 11) is 1.77. The van der Waals surface area contributed by atoms with Gasteiger partial charge in [-0.25, -0.2) is 14.6 Å². The van der Waals surface area contributed by atoms with Crippen LogP contribution in [0, 0.1) is 0 Å². The van der Waals surface area contributed by atoms with Gasteiger partial charge in [-0.15, -0.1) is 5.10 Å². The number of alkyl carbamates (subject to hydrolysis) is 1. The number of benzene rings is 1. The number of anilines is 2. The van der Waals surface area contributed by atoms with Crippen LogP contribution in [0.1, 0.15) is 45.6 Å². The van der Waals surface area contributed by atoms with Gasteiger partial charge < -0.3 is 24.5 Å². The molecule has 4 aromatic heterocycles. The number of esters is 1. The largest absolute Gasteiger partial charge is 0.465 e. The van der Waals surface area contributed by atoms with E-state index in [2.05, 4.69) is 36.1 Å². The first-order valence-electron chi connectivity index (χ1n) is 14.5. The van der Waals surface area contributed by atoms with Gasteiger partial charge in [-0.1, -0.05) is 12.1 Å². The number of carbonyl (C=O) groups excluding carboxylic acids is 3. The summed E-state index contributed by atoms with van der Waals surface area (Å²) in [4.78, 5) is 45.8. The van der Waals surface area contributed by atoms with Crippen LogP contribution in [0.2, 0.25) is 0 Å². The van der Waals surface area contributed by atoms with Crippen molar-refractivity contribution in [1.82, 2.24) is 34.7 Å². The van der Waals surface area contributed by atoms with Gasteiger partial charge in [0.15, 0.2) is 17.1 Å². The smallest absolute Gasteiger partial charge is 0.407 e. The average molecular weight is 618 g/mol. The van der Waals surface area contributed by atoms with Crippen molar-refractivity contribution in [2.24, 2.45) is 7.05 Å². The number of ether oxygens (including phenoxy) is 2. The Morgan fingerprint density at radius 2 is 1.78 bits per heavy atom. The fourth-order valence-electron chi connectivity index (χ4n) is 4.37. The number of aromatic nitrogens is 6. The molecular weight excluding hydrogens is 582 g/mol. The standard InChI is InChI=1S/C30H35N9O6/c1-30(2,3)45-29(42)31-14-6-5-7-15-44-23(40)17-19-10-12-20(13-11-19)32-28(41)35-27-34-24-21(18-38(4)36-24)26-33-25(37-39(26)27)22-9-8-16-43-22/h8-13,16,18H,5-7,14-15,17H2,1-4H3,(H,31,42)(H2,32,34,35,36,41). The van der Waals surface area contributed by atoms with E-state index in [1.165, 1.54) is 10.8 Å². The lowest BCUT2D eigenvalue weighted by molar-refractivity contribution is -0.142. The molecule has 45 heavy (non-hydrogen) atoms. The number of nitrogens with zero attached hydrogens (tertiary/aromatic N) is 6. The van der Waals surface area contributed by atoms with Crippen molar-refractivity contribution in [3.8, 4) is 11.6 Å². The highest BCUT2D eigenvalue weighted by atomic mass is 16.6. The molecule has 0 unspecified atom stereocenters. The average Bonchev–Trinajstić information content (AvgIpc) is 3.72. The molecule has 5 rings (SSSR count). The van der Waals surface area contributed by atoms with E-state index in [9.17, 15) is 14.4 Å². The van der Waals surface area contributed by atoms with Crippen LogP contribution in [0.3, 0.4) is 0 Å². The van der Waals surface area contributed by atoms with E-state index in [4.69, 9.17) is 13.9 Å². The van der Waals surface area contributed by atoms with Crippen molar-refractivity contribution < 1.29 is 28.3 Å². The third kappa shape index (κ3) is 8.34. The van der Waals surface area contributed by atoms with E-state index >= 15 is 0 Å². The molecule has 0 spiro atoms. The lowest BCUT2D eigenvalue weighted by atomic mass is 10.1. The van der Waals surface area contributed by atoms with E-state index in [-0.39, 0.29) is 18.3 Å². The third-order valence-electron chi connectivity index (χ3n) is 6.35. The Bertz CT molecular complexity index is 1790. The van der Waals surface area contributed by atoms with E-state index < -0.39 is 17.7 Å². The molecule has 15 heteroatoms. The fourth-order valence-corrected chi connectivity index (χ4v) is 4.37. The van der Waals surface area contributed by atoms with Crippen LogP contribution < -0.4 is 16.0 Å². The Kier molecular flexibility index (Phi) is 9.25. The predicted molar refractivity (Wildman–Crippen MR) is 165 cm³/mol. The minimum Gasteiger partial charge on any atom is -0.465 e. The molecule has 3 amide bonds. The van der Waals surface area contributed by atoms with Gasteiger partial charge in [-0.2, -0.15) is 14.6 Å². The highest BCUT2D eigenvalue weighted by Gasteiger charge is 2.19. The van der Waals surface area contributed by atoms with Crippen molar-refractivity contribution in [2.45, 2.75) is 52.1 Å². The molecular formula is C30H35N9O6. The van der Waals surface area contributed by atoms with Crippen molar-refractivity contribution >= 4 is 46.4 Å². The number of amides is 3. The van der Waals surface area contributed by atoms with Gasteiger partial charge in [-0.05, 0) is 69.9 Å². The number of hydrogen-bond donors (Lipinski definition) is 3. The molecule has 4 heterocycles. The normalized spacial score (nSPS) is 11.5. The van der Waals surface area contributed by atoms with Crippen LogP contribution >= 0.6 is 0 Å². The molecule has 0 fully saturated rings. The molecule has 1 aromatic carbocycles. The number of fused-ring (bicyclic) bond motifs is 3. The number of carbonyl (C=O) groups is 3. The summed E-state index contributed by atoms with van der Waals surface area (Å²) in [6, 6.07) is 9.78. The molecule has 0 aliphatic carbocycles. The Morgan fingerprint density at radius 1 is 0.978 bits per heavy atom. The van der Waals surface area contributed by atoms with Crippen LogP contribution in [0.5, 0.6) is 0 Å². The summed E-state index contributed by atoms with van der Waals surface area (Å²) in [5.74, 6) is 0.586. The first-order chi connectivity index (χ1) is 21.5. The zero-order valence-corrected chi connectivity index (χ0v) is 25.5. The van der Waals surface area contributed by atoms with E-state index in [1.807, 2.05) is 20.8 Å². The summed E-state index contributed by atoms with van der Waals surface area (Å²) >= 11 is 0. The number of unbranched alkanes of at least 4 members (excludes halogenated alkanes) is 2. The number of nitrogens with one attached hydrogen (secondary N) is 3. The van der Waals surface area contributed by atoms with Gasteiger partial charge >= 0.3 is 18.1 Å². The number of rotatable bonds is 11. The highest BCUT2D eigenvalue weighted by Crippen LogP contribution is 2.24. The van der Waals surface area contributed by atoms with Crippen LogP contribution in [-0.4, -0.2) is 66.2 Å². The minimum atomic E-state index is -0.553. The van der Waals surface area contributed by atoms with Crippen LogP contribution in [-0.2, 0) is 27.7 Å². The summed E-state index contributed by atoms with van der Waals surface area (Å²) in [6.07, 6.45) is 5.19. The lowest BCUT2D eigenvalue weighted by Gasteiger charge is -2.19. The second-order valence-electron chi connectivity index (χ2n) is 11.3. The second kappa shape index (κ2) is 13.4. The number of aryl methyl sites for hydroxylation is 1. The maximum absolute atomic E-state index is 12.9. The summed E-state index contributed by atoms with van der Waals surface area (Å²) in [5, 5.41) is 17.7. The van der Waals surface area contributed by atoms with Crippen LogP contribution in [0.25, 0.3) is 28.3 Å². The molecule has 5 aromatic rings. The Morgan fingerprint density at radius 3 is 2.51 bits per heavy atom. The molecule has 0 bridgehead atoms. The minimum absolute atomic E-state index is 0.100. The van der Waals surface area contributed by atoms with E-state index in [1.54, 1.807) is 54.3 Å². The zero-order valence-electron chi connectivity index (χ0n) is 25.5. The third-order valence-corrected chi connectivity index (χ3v) is 6.35. The topological polar surface area (TPSA) is 180 Å². The Balaban J connectivity index is 1.09. The van der Waals surface area contributed by atoms with Crippen molar-refractivity contribution in [3.63, 3.8) is 0 Å². The molecule has 3 N–H and O–H groups in total. The molecule has 0 radical (unpaired) electrons. The molecule has 0 aliphatic heterocycles. The monoisotopic (exact) mass is 617 g/mol. The van der Waals surface area contributed by atoms with Gasteiger partial charge in [0.1, 0.15) is 5.60 Å². The number of hydrogen-bond acceptors (Lipinski definition) is 10. The predicted octanol–water partition coefficient (Wildman–Crippen LogP) is 4.70. The molecule has 0 saturated heterocycles. The maximum atomic E-state index is 12.9. The summed E-state index contributed by atoms with van der Waals surface area (Å²) in [5.41, 5.74) is 1.57. The van der Waals surface area contributed by atoms with Gasteiger partial charge in [0.05, 0.1) is 24.7 Å². The molecule has 15 nitrogen and oxygen atoms in total. The summed E-state index contributed by atoms with van der Waals surface area (Å²) in [6.45, 7) is 6.22. The van der Waals surface area contributed by atoms with Gasteiger partial charge in [0, 0.05) is 25.5 Å². The van der Waals surface area contributed by atoms with E-state index in [0.29, 0.717) is 53.5 Å². The lowest BCUT2D eigenvalue weighted by Crippen LogP contribution is -2.33. The van der Waals surface area contributed by atoms with Gasteiger partial charge in [0.2, 0.25) is 11.8 Å².